The lowest BCUT2D eigenvalue weighted by Crippen LogP contribution is -2.47. The Morgan fingerprint density at radius 3 is 2.30 bits per heavy atom. The number of aromatic nitrogens is 1. The van der Waals surface area contributed by atoms with E-state index in [2.05, 4.69) is 59.3 Å². The fourth-order valence-electron chi connectivity index (χ4n) is 5.12. The van der Waals surface area contributed by atoms with Gasteiger partial charge in [0.15, 0.2) is 5.75 Å². The quantitative estimate of drug-likeness (QED) is 0.148. The van der Waals surface area contributed by atoms with E-state index < -0.39 is 0 Å². The van der Waals surface area contributed by atoms with E-state index in [0.29, 0.717) is 48.7 Å². The number of piperazine rings is 1. The molecule has 0 spiro atoms. The Bertz CT molecular complexity index is 1620. The number of hydrogen-bond acceptors (Lipinski definition) is 6. The van der Waals surface area contributed by atoms with Crippen LogP contribution < -0.4 is 9.47 Å². The van der Waals surface area contributed by atoms with Gasteiger partial charge in [0.25, 0.3) is 0 Å². The third kappa shape index (κ3) is 9.54. The summed E-state index contributed by atoms with van der Waals surface area (Å²) in [4.78, 5) is 21.6. The molecular weight excluding hydrogens is 598 g/mol. The van der Waals surface area contributed by atoms with Crippen molar-refractivity contribution in [2.45, 2.75) is 27.0 Å². The van der Waals surface area contributed by atoms with Crippen LogP contribution >= 0.6 is 11.6 Å². The summed E-state index contributed by atoms with van der Waals surface area (Å²) in [6.45, 7) is 8.97. The largest absolute Gasteiger partial charge is 0.487 e. The number of amides is 1. The number of carbonyl (C=O) groups is 1. The van der Waals surface area contributed by atoms with Crippen LogP contribution in [-0.4, -0.2) is 60.6 Å². The smallest absolute Gasteiger partial charge is 0.246 e. The zero-order chi connectivity index (χ0) is 32.3. The molecule has 0 N–H and O–H groups in total. The first kappa shape index (κ1) is 32.9. The van der Waals surface area contributed by atoms with Crippen LogP contribution in [0.2, 0.25) is 5.02 Å². The minimum absolute atomic E-state index is 0.00478. The average Bonchev–Trinajstić information content (AvgIpc) is 3.07. The molecule has 5 rings (SSSR count). The Labute approximate surface area is 276 Å². The molecule has 1 aliphatic heterocycles. The zero-order valence-corrected chi connectivity index (χ0v) is 27.4. The molecule has 1 fully saturated rings. The molecular formula is C38H40ClN3O4. The summed E-state index contributed by atoms with van der Waals surface area (Å²) >= 11 is 6.61. The van der Waals surface area contributed by atoms with Crippen LogP contribution in [0.1, 0.15) is 33.4 Å². The van der Waals surface area contributed by atoms with Crippen LogP contribution in [-0.2, 0) is 22.7 Å². The molecule has 0 unspecified atom stereocenters. The van der Waals surface area contributed by atoms with E-state index in [0.717, 1.165) is 41.9 Å². The van der Waals surface area contributed by atoms with Gasteiger partial charge in [0.2, 0.25) is 11.8 Å². The number of nitrogens with zero attached hydrogens (tertiary/aromatic N) is 3. The van der Waals surface area contributed by atoms with Gasteiger partial charge in [-0.05, 0) is 65.9 Å². The number of halogens is 1. The van der Waals surface area contributed by atoms with Crippen LogP contribution in [0.4, 0.5) is 0 Å². The Kier molecular flexibility index (Phi) is 11.6. The van der Waals surface area contributed by atoms with Crippen molar-refractivity contribution < 1.29 is 19.0 Å². The van der Waals surface area contributed by atoms with Gasteiger partial charge >= 0.3 is 0 Å². The van der Waals surface area contributed by atoms with Crippen molar-refractivity contribution in [2.24, 2.45) is 0 Å². The fourth-order valence-corrected chi connectivity index (χ4v) is 5.44. The number of carbonyl (C=O) groups excluding carboxylic acids is 1. The van der Waals surface area contributed by atoms with Gasteiger partial charge in [-0.3, -0.25) is 9.69 Å². The standard InChI is InChI=1S/C38H40ClN3O4/c1-28-6-8-32(9-7-28)27-45-34-15-16-36(40-25-34)46-38-29(2)23-33(24-35(38)39)14-17-37(43)42-20-18-41(19-21-42)26-31-12-10-30(11-13-31)5-4-22-44-3/h4-17,23-25H,18-22,26-27H2,1-3H3/b5-4+,17-14+. The lowest BCUT2D eigenvalue weighted by Gasteiger charge is -2.34. The van der Waals surface area contributed by atoms with Crippen molar-refractivity contribution in [1.82, 2.24) is 14.8 Å². The summed E-state index contributed by atoms with van der Waals surface area (Å²) in [5.41, 5.74) is 6.39. The van der Waals surface area contributed by atoms with E-state index in [-0.39, 0.29) is 5.91 Å². The maximum atomic E-state index is 13.0. The normalized spacial score (nSPS) is 13.9. The van der Waals surface area contributed by atoms with Crippen molar-refractivity contribution in [3.05, 3.63) is 130 Å². The number of aryl methyl sites for hydroxylation is 2. The highest BCUT2D eigenvalue weighted by Gasteiger charge is 2.20. The van der Waals surface area contributed by atoms with Crippen molar-refractivity contribution >= 4 is 29.7 Å². The van der Waals surface area contributed by atoms with Crippen molar-refractivity contribution in [2.75, 3.05) is 39.9 Å². The highest BCUT2D eigenvalue weighted by atomic mass is 35.5. The Balaban J connectivity index is 1.09. The van der Waals surface area contributed by atoms with Gasteiger partial charge < -0.3 is 19.1 Å². The molecule has 238 valence electrons. The second kappa shape index (κ2) is 16.2. The van der Waals surface area contributed by atoms with Crippen molar-refractivity contribution in [3.63, 3.8) is 0 Å². The molecule has 3 aromatic carbocycles. The molecule has 1 saturated heterocycles. The molecule has 0 radical (unpaired) electrons. The average molecular weight is 638 g/mol. The molecule has 1 amide bonds. The van der Waals surface area contributed by atoms with E-state index in [1.807, 2.05) is 42.2 Å². The highest BCUT2D eigenvalue weighted by Crippen LogP contribution is 2.34. The summed E-state index contributed by atoms with van der Waals surface area (Å²) in [5, 5.41) is 0.446. The van der Waals surface area contributed by atoms with Gasteiger partial charge in [-0.15, -0.1) is 0 Å². The minimum atomic E-state index is -0.00478. The van der Waals surface area contributed by atoms with E-state index in [1.165, 1.54) is 11.1 Å². The third-order valence-corrected chi connectivity index (χ3v) is 8.04. The number of methoxy groups -OCH3 is 1. The number of ether oxygens (including phenoxy) is 3. The van der Waals surface area contributed by atoms with Crippen LogP contribution in [0, 0.1) is 13.8 Å². The monoisotopic (exact) mass is 637 g/mol. The predicted molar refractivity (Wildman–Crippen MR) is 184 cm³/mol. The molecule has 8 heteroatoms. The maximum absolute atomic E-state index is 13.0. The topological polar surface area (TPSA) is 64.1 Å². The Hall–Kier alpha value is -4.43. The molecule has 0 bridgehead atoms. The van der Waals surface area contributed by atoms with Gasteiger partial charge in [-0.25, -0.2) is 4.98 Å². The first-order valence-electron chi connectivity index (χ1n) is 15.4. The lowest BCUT2D eigenvalue weighted by atomic mass is 10.1. The molecule has 2 heterocycles. The first-order valence-corrected chi connectivity index (χ1v) is 15.8. The molecule has 0 saturated carbocycles. The van der Waals surface area contributed by atoms with E-state index in [9.17, 15) is 4.79 Å². The number of hydrogen-bond donors (Lipinski definition) is 0. The molecule has 1 aromatic heterocycles. The zero-order valence-electron chi connectivity index (χ0n) is 26.6. The fraction of sp³-hybridized carbons (Fsp3) is 0.263. The summed E-state index contributed by atoms with van der Waals surface area (Å²) in [6.07, 6.45) is 9.12. The van der Waals surface area contributed by atoms with Crippen LogP contribution in [0.3, 0.4) is 0 Å². The van der Waals surface area contributed by atoms with Gasteiger partial charge in [0.1, 0.15) is 12.4 Å². The molecule has 1 aliphatic rings. The second-order valence-corrected chi connectivity index (χ2v) is 11.8. The SMILES string of the molecule is COC/C=C/c1ccc(CN2CCN(C(=O)/C=C/c3cc(C)c(Oc4ccc(OCc5ccc(C)cc5)cn4)c(Cl)c3)CC2)cc1. The van der Waals surface area contributed by atoms with Crippen LogP contribution in [0.25, 0.3) is 12.2 Å². The summed E-state index contributed by atoms with van der Waals surface area (Å²) < 4.78 is 16.9. The van der Waals surface area contributed by atoms with E-state index >= 15 is 0 Å². The molecule has 7 nitrogen and oxygen atoms in total. The molecule has 46 heavy (non-hydrogen) atoms. The number of pyridine rings is 1. The summed E-state index contributed by atoms with van der Waals surface area (Å²) in [7, 11) is 1.69. The second-order valence-electron chi connectivity index (χ2n) is 11.4. The number of benzene rings is 3. The van der Waals surface area contributed by atoms with E-state index in [1.54, 1.807) is 37.6 Å². The minimum Gasteiger partial charge on any atom is -0.487 e. The molecule has 0 aliphatic carbocycles. The Morgan fingerprint density at radius 2 is 1.63 bits per heavy atom. The van der Waals surface area contributed by atoms with Crippen molar-refractivity contribution in [1.29, 1.82) is 0 Å². The van der Waals surface area contributed by atoms with E-state index in [4.69, 9.17) is 25.8 Å². The maximum Gasteiger partial charge on any atom is 0.246 e. The molecule has 4 aromatic rings. The first-order chi connectivity index (χ1) is 22.4. The number of rotatable bonds is 12. The van der Waals surface area contributed by atoms with Crippen LogP contribution in [0.5, 0.6) is 17.4 Å². The van der Waals surface area contributed by atoms with Gasteiger partial charge in [-0.2, -0.15) is 0 Å². The Morgan fingerprint density at radius 1 is 0.891 bits per heavy atom. The lowest BCUT2D eigenvalue weighted by molar-refractivity contribution is -0.127. The molecule has 0 atom stereocenters. The summed E-state index contributed by atoms with van der Waals surface area (Å²) in [6, 6.07) is 24.1. The van der Waals surface area contributed by atoms with Crippen molar-refractivity contribution in [3.8, 4) is 17.4 Å². The summed E-state index contributed by atoms with van der Waals surface area (Å²) in [5.74, 6) is 1.59. The van der Waals surface area contributed by atoms with Gasteiger partial charge in [0.05, 0.1) is 17.8 Å². The van der Waals surface area contributed by atoms with Crippen LogP contribution in [0.15, 0.2) is 91.1 Å². The van der Waals surface area contributed by atoms with Gasteiger partial charge in [-0.1, -0.05) is 77.8 Å². The highest BCUT2D eigenvalue weighted by molar-refractivity contribution is 6.32. The predicted octanol–water partition coefficient (Wildman–Crippen LogP) is 7.74. The van der Waals surface area contributed by atoms with Gasteiger partial charge in [0, 0.05) is 52.0 Å². The third-order valence-electron chi connectivity index (χ3n) is 7.75.